The van der Waals surface area contributed by atoms with Crippen LogP contribution in [0.15, 0.2) is 48.5 Å². The lowest BCUT2D eigenvalue weighted by Crippen LogP contribution is -2.49. The number of carbonyl (C=O) groups excluding carboxylic acids is 2. The molecule has 174 valence electrons. The summed E-state index contributed by atoms with van der Waals surface area (Å²) in [6, 6.07) is 14.1. The van der Waals surface area contributed by atoms with E-state index in [1.807, 2.05) is 38.1 Å². The van der Waals surface area contributed by atoms with Crippen molar-refractivity contribution in [3.63, 3.8) is 0 Å². The van der Waals surface area contributed by atoms with Gasteiger partial charge in [-0.3, -0.25) is 9.59 Å². The third-order valence-electron chi connectivity index (χ3n) is 5.06. The van der Waals surface area contributed by atoms with Crippen LogP contribution in [0.4, 0.5) is 0 Å². The summed E-state index contributed by atoms with van der Waals surface area (Å²) < 4.78 is 10.9. The lowest BCUT2D eigenvalue weighted by Gasteiger charge is -2.30. The van der Waals surface area contributed by atoms with Gasteiger partial charge < -0.3 is 19.7 Å². The number of nitrogens with one attached hydrogen (secondary N) is 1. The summed E-state index contributed by atoms with van der Waals surface area (Å²) in [6.07, 6.45) is 2.23. The number of hydrogen-bond donors (Lipinski definition) is 1. The van der Waals surface area contributed by atoms with Gasteiger partial charge in [-0.2, -0.15) is 0 Å². The molecule has 1 N–H and O–H groups in total. The van der Waals surface area contributed by atoms with Crippen molar-refractivity contribution >= 4 is 23.4 Å². The van der Waals surface area contributed by atoms with Crippen LogP contribution in [-0.2, 0) is 16.1 Å². The first-order chi connectivity index (χ1) is 15.5. The molecule has 7 heteroatoms. The van der Waals surface area contributed by atoms with E-state index in [1.54, 1.807) is 36.3 Å². The van der Waals surface area contributed by atoms with E-state index in [9.17, 15) is 9.59 Å². The number of halogens is 1. The fourth-order valence-electron chi connectivity index (χ4n) is 3.30. The Bertz CT molecular complexity index is 840. The molecule has 0 saturated heterocycles. The fourth-order valence-corrected chi connectivity index (χ4v) is 3.43. The van der Waals surface area contributed by atoms with Gasteiger partial charge in [-0.05, 0) is 61.2 Å². The maximum Gasteiger partial charge on any atom is 0.242 e. The average molecular weight is 461 g/mol. The van der Waals surface area contributed by atoms with Gasteiger partial charge in [0.1, 0.15) is 17.5 Å². The molecule has 2 amide bonds. The molecule has 0 saturated carbocycles. The van der Waals surface area contributed by atoms with Crippen molar-refractivity contribution in [1.29, 1.82) is 0 Å². The topological polar surface area (TPSA) is 67.9 Å². The second-order valence-electron chi connectivity index (χ2n) is 7.49. The van der Waals surface area contributed by atoms with E-state index in [0.717, 1.165) is 17.7 Å². The van der Waals surface area contributed by atoms with Gasteiger partial charge in [-0.25, -0.2) is 0 Å². The Hall–Kier alpha value is -2.73. The molecule has 32 heavy (non-hydrogen) atoms. The SMILES string of the molecule is CCCNC(=O)[C@H](CC)N(Cc1ccc(OC)cc1)C(=O)CCCOc1ccc(Cl)cc1. The number of amides is 2. The summed E-state index contributed by atoms with van der Waals surface area (Å²) in [6.45, 7) is 5.28. The molecule has 0 aromatic heterocycles. The monoisotopic (exact) mass is 460 g/mol. The minimum absolute atomic E-state index is 0.0703. The van der Waals surface area contributed by atoms with Crippen molar-refractivity contribution in [3.05, 3.63) is 59.1 Å². The van der Waals surface area contributed by atoms with Gasteiger partial charge in [0, 0.05) is 24.5 Å². The normalized spacial score (nSPS) is 11.5. The quantitative estimate of drug-likeness (QED) is 0.434. The number of rotatable bonds is 13. The van der Waals surface area contributed by atoms with Gasteiger partial charge in [-0.15, -0.1) is 0 Å². The van der Waals surface area contributed by atoms with E-state index in [-0.39, 0.29) is 11.8 Å². The molecule has 0 heterocycles. The van der Waals surface area contributed by atoms with Crippen molar-refractivity contribution in [3.8, 4) is 11.5 Å². The van der Waals surface area contributed by atoms with Crippen LogP contribution in [0.5, 0.6) is 11.5 Å². The average Bonchev–Trinajstić information content (AvgIpc) is 2.81. The molecular formula is C25H33ClN2O4. The lowest BCUT2D eigenvalue weighted by molar-refractivity contribution is -0.141. The van der Waals surface area contributed by atoms with Crippen LogP contribution in [0.2, 0.25) is 5.02 Å². The van der Waals surface area contributed by atoms with Crippen LogP contribution < -0.4 is 14.8 Å². The first-order valence-electron chi connectivity index (χ1n) is 11.1. The van der Waals surface area contributed by atoms with Crippen molar-refractivity contribution in [2.24, 2.45) is 0 Å². The van der Waals surface area contributed by atoms with Gasteiger partial charge in [-0.1, -0.05) is 37.6 Å². The Balaban J connectivity index is 2.04. The second-order valence-corrected chi connectivity index (χ2v) is 7.93. The second kappa shape index (κ2) is 13.6. The molecule has 2 aromatic carbocycles. The van der Waals surface area contributed by atoms with Crippen LogP contribution in [0, 0.1) is 0 Å². The number of nitrogens with zero attached hydrogens (tertiary/aromatic N) is 1. The molecule has 0 radical (unpaired) electrons. The third kappa shape index (κ3) is 8.08. The maximum absolute atomic E-state index is 13.2. The third-order valence-corrected chi connectivity index (χ3v) is 5.32. The maximum atomic E-state index is 13.2. The zero-order chi connectivity index (χ0) is 23.3. The van der Waals surface area contributed by atoms with E-state index in [2.05, 4.69) is 5.32 Å². The number of hydrogen-bond acceptors (Lipinski definition) is 4. The van der Waals surface area contributed by atoms with E-state index in [4.69, 9.17) is 21.1 Å². The number of carbonyl (C=O) groups is 2. The Morgan fingerprint density at radius 1 is 1.03 bits per heavy atom. The zero-order valence-corrected chi connectivity index (χ0v) is 19.9. The number of ether oxygens (including phenoxy) is 2. The number of methoxy groups -OCH3 is 1. The first kappa shape index (κ1) is 25.5. The minimum atomic E-state index is -0.520. The van der Waals surface area contributed by atoms with E-state index < -0.39 is 6.04 Å². The Morgan fingerprint density at radius 3 is 2.28 bits per heavy atom. The molecule has 0 unspecified atom stereocenters. The Morgan fingerprint density at radius 2 is 1.69 bits per heavy atom. The van der Waals surface area contributed by atoms with E-state index in [0.29, 0.717) is 49.7 Å². The predicted octanol–water partition coefficient (Wildman–Crippen LogP) is 4.84. The van der Waals surface area contributed by atoms with Crippen LogP contribution in [0.25, 0.3) is 0 Å². The molecule has 0 fully saturated rings. The molecule has 1 atom stereocenters. The fraction of sp³-hybridized carbons (Fsp3) is 0.440. The molecule has 2 rings (SSSR count). The van der Waals surface area contributed by atoms with Crippen molar-refractivity contribution in [2.75, 3.05) is 20.3 Å². The lowest BCUT2D eigenvalue weighted by atomic mass is 10.1. The summed E-state index contributed by atoms with van der Waals surface area (Å²) in [7, 11) is 1.61. The van der Waals surface area contributed by atoms with E-state index in [1.165, 1.54) is 0 Å². The highest BCUT2D eigenvalue weighted by Crippen LogP contribution is 2.18. The molecule has 0 aliphatic rings. The molecule has 0 aliphatic carbocycles. The zero-order valence-electron chi connectivity index (χ0n) is 19.1. The van der Waals surface area contributed by atoms with Gasteiger partial charge in [0.25, 0.3) is 0 Å². The Labute approximate surface area is 195 Å². The molecule has 6 nitrogen and oxygen atoms in total. The van der Waals surface area contributed by atoms with Gasteiger partial charge >= 0.3 is 0 Å². The summed E-state index contributed by atoms with van der Waals surface area (Å²) in [5, 5.41) is 3.57. The minimum Gasteiger partial charge on any atom is -0.497 e. The highest BCUT2D eigenvalue weighted by Gasteiger charge is 2.28. The van der Waals surface area contributed by atoms with Crippen LogP contribution in [0.3, 0.4) is 0 Å². The first-order valence-corrected chi connectivity index (χ1v) is 11.4. The van der Waals surface area contributed by atoms with Crippen molar-refractivity contribution in [1.82, 2.24) is 10.2 Å². The largest absolute Gasteiger partial charge is 0.497 e. The van der Waals surface area contributed by atoms with Crippen molar-refractivity contribution in [2.45, 2.75) is 52.1 Å². The molecule has 2 aromatic rings. The van der Waals surface area contributed by atoms with Gasteiger partial charge in [0.05, 0.1) is 13.7 Å². The summed E-state index contributed by atoms with van der Waals surface area (Å²) in [4.78, 5) is 27.6. The van der Waals surface area contributed by atoms with Crippen LogP contribution >= 0.6 is 11.6 Å². The van der Waals surface area contributed by atoms with Gasteiger partial charge in [0.15, 0.2) is 0 Å². The summed E-state index contributed by atoms with van der Waals surface area (Å²) in [5.41, 5.74) is 0.943. The molecule has 0 bridgehead atoms. The van der Waals surface area contributed by atoms with E-state index >= 15 is 0 Å². The smallest absolute Gasteiger partial charge is 0.242 e. The molecular weight excluding hydrogens is 428 g/mol. The van der Waals surface area contributed by atoms with Crippen molar-refractivity contribution < 1.29 is 19.1 Å². The van der Waals surface area contributed by atoms with Crippen LogP contribution in [0.1, 0.15) is 45.1 Å². The highest BCUT2D eigenvalue weighted by molar-refractivity contribution is 6.30. The molecule has 0 spiro atoms. The predicted molar refractivity (Wildman–Crippen MR) is 127 cm³/mol. The highest BCUT2D eigenvalue weighted by atomic mass is 35.5. The standard InChI is InChI=1S/C25H33ClN2O4/c1-4-16-27-25(30)23(5-2)28(18-19-8-12-21(31-3)13-9-19)24(29)7-6-17-32-22-14-10-20(26)11-15-22/h8-15,23H,4-7,16-18H2,1-3H3,(H,27,30)/t23-/m0/s1. The van der Waals surface area contributed by atoms with Crippen LogP contribution in [-0.4, -0.2) is 43.0 Å². The number of benzene rings is 2. The summed E-state index contributed by atoms with van der Waals surface area (Å²) >= 11 is 5.89. The molecule has 0 aliphatic heterocycles. The summed E-state index contributed by atoms with van der Waals surface area (Å²) in [5.74, 6) is 1.27. The van der Waals surface area contributed by atoms with Gasteiger partial charge in [0.2, 0.25) is 11.8 Å². The Kier molecular flexibility index (Phi) is 10.9.